The molecular formula is C15H13F9O. The summed E-state index contributed by atoms with van der Waals surface area (Å²) in [5.74, 6) is -16.3. The summed E-state index contributed by atoms with van der Waals surface area (Å²) < 4.78 is 118. The molecule has 0 heterocycles. The van der Waals surface area contributed by atoms with Crippen LogP contribution >= 0.6 is 0 Å². The highest BCUT2D eigenvalue weighted by molar-refractivity contribution is 5.74. The van der Waals surface area contributed by atoms with Crippen molar-refractivity contribution in [2.45, 2.75) is 49.6 Å². The first kappa shape index (κ1) is 21.3. The summed E-state index contributed by atoms with van der Waals surface area (Å²) in [7, 11) is 0. The van der Waals surface area contributed by atoms with Crippen molar-refractivity contribution >= 4 is 6.29 Å². The van der Waals surface area contributed by atoms with Gasteiger partial charge in [0, 0.05) is 24.0 Å². The van der Waals surface area contributed by atoms with Gasteiger partial charge in [-0.05, 0) is 12.8 Å². The van der Waals surface area contributed by atoms with Crippen LogP contribution in [0.2, 0.25) is 0 Å². The Labute approximate surface area is 136 Å². The van der Waals surface area contributed by atoms with E-state index in [2.05, 4.69) is 0 Å². The molecule has 142 valence electrons. The molecule has 0 bridgehead atoms. The van der Waals surface area contributed by atoms with E-state index in [1.54, 1.807) is 0 Å². The zero-order valence-corrected chi connectivity index (χ0v) is 12.5. The van der Waals surface area contributed by atoms with E-state index < -0.39 is 55.2 Å². The molecule has 1 rings (SSSR count). The molecule has 0 aliphatic rings. The monoisotopic (exact) mass is 380 g/mol. The molecule has 0 atom stereocenters. The molecule has 0 saturated carbocycles. The molecule has 1 aromatic rings. The summed E-state index contributed by atoms with van der Waals surface area (Å²) in [6, 6.07) is 2.34. The number of carbonyl (C=O) groups excluding carboxylic acids is 1. The van der Waals surface area contributed by atoms with E-state index in [1.807, 2.05) is 0 Å². The molecule has 1 nitrogen and oxygen atoms in total. The van der Waals surface area contributed by atoms with Gasteiger partial charge in [-0.1, -0.05) is 24.3 Å². The molecule has 1 aromatic carbocycles. The van der Waals surface area contributed by atoms with Crippen LogP contribution in [0.15, 0.2) is 24.3 Å². The van der Waals surface area contributed by atoms with Crippen LogP contribution < -0.4 is 0 Å². The number of aldehydes is 1. The van der Waals surface area contributed by atoms with E-state index in [-0.39, 0.29) is 11.8 Å². The zero-order chi connectivity index (χ0) is 19.5. The standard InChI is InChI=1S/C15H13F9O/c16-12(17,7-1-2-8-13(18,19)20)15(23,24)14(21,22)11-5-3-10(9-25)4-6-11/h3-6,9H,1-2,7-8H2. The van der Waals surface area contributed by atoms with Crippen LogP contribution in [0.25, 0.3) is 0 Å². The first-order chi connectivity index (χ1) is 11.2. The molecule has 0 aromatic heterocycles. The second-order valence-electron chi connectivity index (χ2n) is 5.42. The third-order valence-corrected chi connectivity index (χ3v) is 3.46. The summed E-state index contributed by atoms with van der Waals surface area (Å²) in [5.41, 5.74) is -1.56. The molecule has 25 heavy (non-hydrogen) atoms. The van der Waals surface area contributed by atoms with Crippen molar-refractivity contribution in [1.82, 2.24) is 0 Å². The number of benzene rings is 1. The predicted molar refractivity (Wildman–Crippen MR) is 70.1 cm³/mol. The molecular weight excluding hydrogens is 367 g/mol. The first-order valence-electron chi connectivity index (χ1n) is 7.00. The van der Waals surface area contributed by atoms with Gasteiger partial charge < -0.3 is 0 Å². The Kier molecular flexibility index (Phi) is 6.18. The van der Waals surface area contributed by atoms with Crippen molar-refractivity contribution in [1.29, 1.82) is 0 Å². The maximum Gasteiger partial charge on any atom is 0.389 e. The second kappa shape index (κ2) is 7.25. The molecule has 0 amide bonds. The van der Waals surface area contributed by atoms with Crippen LogP contribution in [0.5, 0.6) is 0 Å². The van der Waals surface area contributed by atoms with Crippen LogP contribution in [0.1, 0.15) is 41.6 Å². The smallest absolute Gasteiger partial charge is 0.298 e. The lowest BCUT2D eigenvalue weighted by atomic mass is 9.93. The molecule has 0 radical (unpaired) electrons. The van der Waals surface area contributed by atoms with Crippen LogP contribution in [-0.2, 0) is 5.92 Å². The number of halogens is 9. The van der Waals surface area contributed by atoms with E-state index in [1.165, 1.54) is 0 Å². The van der Waals surface area contributed by atoms with Crippen molar-refractivity contribution in [3.63, 3.8) is 0 Å². The van der Waals surface area contributed by atoms with E-state index in [0.29, 0.717) is 12.1 Å². The lowest BCUT2D eigenvalue weighted by Crippen LogP contribution is -2.52. The minimum Gasteiger partial charge on any atom is -0.298 e. The molecule has 0 saturated heterocycles. The highest BCUT2D eigenvalue weighted by Crippen LogP contribution is 2.52. The molecule has 0 unspecified atom stereocenters. The molecule has 0 N–H and O–H groups in total. The Morgan fingerprint density at radius 3 is 1.68 bits per heavy atom. The lowest BCUT2D eigenvalue weighted by Gasteiger charge is -2.33. The Balaban J connectivity index is 2.91. The largest absolute Gasteiger partial charge is 0.389 e. The lowest BCUT2D eigenvalue weighted by molar-refractivity contribution is -0.317. The number of alkyl halides is 9. The van der Waals surface area contributed by atoms with Crippen molar-refractivity contribution in [3.05, 3.63) is 35.4 Å². The molecule has 0 aliphatic heterocycles. The van der Waals surface area contributed by atoms with E-state index >= 15 is 0 Å². The summed E-state index contributed by atoms with van der Waals surface area (Å²) in [5, 5.41) is 0. The van der Waals surface area contributed by atoms with Crippen molar-refractivity contribution in [2.75, 3.05) is 0 Å². The van der Waals surface area contributed by atoms with Crippen molar-refractivity contribution in [2.24, 2.45) is 0 Å². The Hall–Kier alpha value is -1.74. The van der Waals surface area contributed by atoms with Crippen molar-refractivity contribution in [3.8, 4) is 0 Å². The number of hydrogen-bond donors (Lipinski definition) is 0. The quantitative estimate of drug-likeness (QED) is 0.308. The second-order valence-corrected chi connectivity index (χ2v) is 5.42. The molecule has 0 fully saturated rings. The van der Waals surface area contributed by atoms with Gasteiger partial charge in [-0.2, -0.15) is 39.5 Å². The van der Waals surface area contributed by atoms with E-state index in [0.717, 1.165) is 12.1 Å². The van der Waals surface area contributed by atoms with Crippen molar-refractivity contribution < 1.29 is 44.3 Å². The topological polar surface area (TPSA) is 17.1 Å². The number of rotatable bonds is 8. The van der Waals surface area contributed by atoms with Gasteiger partial charge in [-0.15, -0.1) is 0 Å². The summed E-state index contributed by atoms with van der Waals surface area (Å²) in [4.78, 5) is 10.4. The Morgan fingerprint density at radius 2 is 1.24 bits per heavy atom. The van der Waals surface area contributed by atoms with Gasteiger partial charge in [0.05, 0.1) is 0 Å². The SMILES string of the molecule is O=Cc1ccc(C(F)(F)C(F)(F)C(F)(F)CCCCC(F)(F)F)cc1. The Bertz CT molecular complexity index is 576. The fraction of sp³-hybridized carbons (Fsp3) is 0.533. The third-order valence-electron chi connectivity index (χ3n) is 3.46. The van der Waals surface area contributed by atoms with Gasteiger partial charge >= 0.3 is 23.9 Å². The molecule has 0 aliphatic carbocycles. The summed E-state index contributed by atoms with van der Waals surface area (Å²) in [6.45, 7) is 0. The average molecular weight is 380 g/mol. The van der Waals surface area contributed by atoms with Gasteiger partial charge in [0.25, 0.3) is 0 Å². The minimum atomic E-state index is -5.82. The van der Waals surface area contributed by atoms with E-state index in [9.17, 15) is 44.3 Å². The summed E-state index contributed by atoms with van der Waals surface area (Å²) >= 11 is 0. The first-order valence-corrected chi connectivity index (χ1v) is 7.00. The fourth-order valence-electron chi connectivity index (χ4n) is 2.01. The van der Waals surface area contributed by atoms with Crippen LogP contribution in [0.4, 0.5) is 39.5 Å². The van der Waals surface area contributed by atoms with Gasteiger partial charge in [0.1, 0.15) is 6.29 Å². The minimum absolute atomic E-state index is 0.123. The van der Waals surface area contributed by atoms with Gasteiger partial charge in [0.2, 0.25) is 0 Å². The summed E-state index contributed by atoms with van der Waals surface area (Å²) in [6.07, 6.45) is -9.58. The highest BCUT2D eigenvalue weighted by Gasteiger charge is 2.71. The van der Waals surface area contributed by atoms with E-state index in [4.69, 9.17) is 0 Å². The molecule has 0 spiro atoms. The zero-order valence-electron chi connectivity index (χ0n) is 12.5. The number of unbranched alkanes of at least 4 members (excludes halogenated alkanes) is 1. The number of carbonyl (C=O) groups is 1. The van der Waals surface area contributed by atoms with Gasteiger partial charge in [-0.25, -0.2) is 0 Å². The fourth-order valence-corrected chi connectivity index (χ4v) is 2.01. The predicted octanol–water partition coefficient (Wildman–Crippen LogP) is 5.98. The normalized spacial score (nSPS) is 13.8. The van der Waals surface area contributed by atoms with Crippen LogP contribution in [0, 0.1) is 0 Å². The van der Waals surface area contributed by atoms with Gasteiger partial charge in [-0.3, -0.25) is 4.79 Å². The third kappa shape index (κ3) is 4.88. The average Bonchev–Trinajstić information content (AvgIpc) is 2.50. The molecule has 10 heteroatoms. The van der Waals surface area contributed by atoms with Crippen LogP contribution in [-0.4, -0.2) is 24.3 Å². The number of hydrogen-bond acceptors (Lipinski definition) is 1. The van der Waals surface area contributed by atoms with Gasteiger partial charge in [0.15, 0.2) is 0 Å². The maximum absolute atomic E-state index is 13.9. The highest BCUT2D eigenvalue weighted by atomic mass is 19.4. The van der Waals surface area contributed by atoms with Crippen LogP contribution in [0.3, 0.4) is 0 Å². The maximum atomic E-state index is 13.9. The Morgan fingerprint density at radius 1 is 0.760 bits per heavy atom.